The molecule has 3 aromatic rings. The second-order valence-corrected chi connectivity index (χ2v) is 4.65. The molecule has 0 saturated carbocycles. The van der Waals surface area contributed by atoms with Crippen LogP contribution in [0.2, 0.25) is 0 Å². The number of hydrogen-bond donors (Lipinski definition) is 1. The van der Waals surface area contributed by atoms with E-state index < -0.39 is 0 Å². The Morgan fingerprint density at radius 2 is 1.86 bits per heavy atom. The van der Waals surface area contributed by atoms with E-state index in [4.69, 9.17) is 15.2 Å². The second-order valence-electron chi connectivity index (χ2n) is 4.65. The van der Waals surface area contributed by atoms with E-state index in [1.165, 1.54) is 0 Å². The van der Waals surface area contributed by atoms with E-state index in [1.54, 1.807) is 20.3 Å². The Balaban J connectivity index is 2.26. The van der Waals surface area contributed by atoms with Crippen molar-refractivity contribution in [2.75, 3.05) is 20.0 Å². The number of fused-ring (bicyclic) bond motifs is 1. The summed E-state index contributed by atoms with van der Waals surface area (Å²) in [5, 5.41) is 0. The molecular formula is C15H16N4O2. The summed E-state index contributed by atoms with van der Waals surface area (Å²) in [6.07, 6.45) is 0. The minimum atomic E-state index is 0.388. The molecule has 108 valence electrons. The molecule has 21 heavy (non-hydrogen) atoms. The number of anilines is 1. The quantitative estimate of drug-likeness (QED) is 0.799. The Bertz CT molecular complexity index is 811. The van der Waals surface area contributed by atoms with Crippen molar-refractivity contribution < 1.29 is 9.47 Å². The fourth-order valence-corrected chi connectivity index (χ4v) is 2.31. The fourth-order valence-electron chi connectivity index (χ4n) is 2.31. The van der Waals surface area contributed by atoms with Crippen LogP contribution in [0.1, 0.15) is 5.56 Å². The van der Waals surface area contributed by atoms with Gasteiger partial charge in [0.05, 0.1) is 19.9 Å². The molecule has 0 bridgehead atoms. The highest BCUT2D eigenvalue weighted by molar-refractivity contribution is 5.78. The number of aryl methyl sites for hydroxylation is 1. The lowest BCUT2D eigenvalue weighted by molar-refractivity contribution is 0.399. The number of rotatable bonds is 3. The molecule has 0 aliphatic carbocycles. The number of nitrogens with zero attached hydrogens (tertiary/aromatic N) is 3. The summed E-state index contributed by atoms with van der Waals surface area (Å²) in [6, 6.07) is 9.37. The summed E-state index contributed by atoms with van der Waals surface area (Å²) in [7, 11) is 3.22. The molecule has 2 aromatic heterocycles. The van der Waals surface area contributed by atoms with Crippen molar-refractivity contribution in [1.82, 2.24) is 14.5 Å². The summed E-state index contributed by atoms with van der Waals surface area (Å²) in [5.41, 5.74) is 9.38. The highest BCUT2D eigenvalue weighted by Crippen LogP contribution is 2.27. The lowest BCUT2D eigenvalue weighted by Crippen LogP contribution is -2.04. The zero-order chi connectivity index (χ0) is 15.0. The van der Waals surface area contributed by atoms with E-state index in [9.17, 15) is 0 Å². The van der Waals surface area contributed by atoms with Gasteiger partial charge in [0.2, 0.25) is 11.8 Å². The predicted octanol–water partition coefficient (Wildman–Crippen LogP) is 2.33. The molecule has 3 rings (SSSR count). The minimum Gasteiger partial charge on any atom is -0.497 e. The first kappa shape index (κ1) is 13.2. The smallest absolute Gasteiger partial charge is 0.215 e. The number of ether oxygens (including phenoxy) is 2. The average Bonchev–Trinajstić information content (AvgIpc) is 2.82. The van der Waals surface area contributed by atoms with Crippen molar-refractivity contribution in [3.63, 3.8) is 0 Å². The number of nitrogens with two attached hydrogens (primary N) is 1. The maximum atomic E-state index is 6.06. The van der Waals surface area contributed by atoms with Crippen molar-refractivity contribution in [2.24, 2.45) is 0 Å². The van der Waals surface area contributed by atoms with Gasteiger partial charge >= 0.3 is 0 Å². The lowest BCUT2D eigenvalue weighted by atomic mass is 10.2. The number of imidazole rings is 1. The fraction of sp³-hybridized carbons (Fsp3) is 0.200. The van der Waals surface area contributed by atoms with Gasteiger partial charge in [0.25, 0.3) is 0 Å². The molecule has 0 spiro atoms. The van der Waals surface area contributed by atoms with Gasteiger partial charge in [-0.05, 0) is 36.8 Å². The third-order valence-corrected chi connectivity index (χ3v) is 3.36. The van der Waals surface area contributed by atoms with Crippen LogP contribution in [-0.4, -0.2) is 28.8 Å². The van der Waals surface area contributed by atoms with E-state index in [0.717, 1.165) is 22.5 Å². The van der Waals surface area contributed by atoms with Crippen molar-refractivity contribution in [2.45, 2.75) is 6.92 Å². The van der Waals surface area contributed by atoms with Gasteiger partial charge in [0, 0.05) is 6.07 Å². The van der Waals surface area contributed by atoms with Crippen LogP contribution in [0.25, 0.3) is 16.9 Å². The van der Waals surface area contributed by atoms with Gasteiger partial charge in [0.1, 0.15) is 11.3 Å². The Morgan fingerprint density at radius 1 is 1.05 bits per heavy atom. The van der Waals surface area contributed by atoms with Crippen molar-refractivity contribution in [1.29, 1.82) is 0 Å². The van der Waals surface area contributed by atoms with Crippen LogP contribution in [0.4, 0.5) is 5.95 Å². The van der Waals surface area contributed by atoms with E-state index in [-0.39, 0.29) is 0 Å². The van der Waals surface area contributed by atoms with Gasteiger partial charge in [-0.3, -0.25) is 4.57 Å². The minimum absolute atomic E-state index is 0.388. The molecule has 2 N–H and O–H groups in total. The Hall–Kier alpha value is -2.76. The molecule has 0 atom stereocenters. The first-order valence-electron chi connectivity index (χ1n) is 6.48. The summed E-state index contributed by atoms with van der Waals surface area (Å²) in [5.74, 6) is 1.71. The van der Waals surface area contributed by atoms with Gasteiger partial charge in [-0.15, -0.1) is 0 Å². The van der Waals surface area contributed by atoms with Gasteiger partial charge in [-0.2, -0.15) is 4.98 Å². The topological polar surface area (TPSA) is 75.2 Å². The molecule has 0 radical (unpaired) electrons. The van der Waals surface area contributed by atoms with Crippen molar-refractivity contribution in [3.8, 4) is 17.3 Å². The van der Waals surface area contributed by atoms with Crippen LogP contribution in [-0.2, 0) is 0 Å². The van der Waals surface area contributed by atoms with Gasteiger partial charge in [-0.1, -0.05) is 0 Å². The van der Waals surface area contributed by atoms with Gasteiger partial charge < -0.3 is 15.2 Å². The molecule has 6 nitrogen and oxygen atoms in total. The van der Waals surface area contributed by atoms with Gasteiger partial charge in [-0.25, -0.2) is 4.98 Å². The molecule has 0 fully saturated rings. The zero-order valence-electron chi connectivity index (χ0n) is 12.1. The monoisotopic (exact) mass is 284 g/mol. The van der Waals surface area contributed by atoms with Crippen molar-refractivity contribution >= 4 is 17.1 Å². The third-order valence-electron chi connectivity index (χ3n) is 3.36. The number of nitrogen functional groups attached to an aromatic ring is 1. The Kier molecular flexibility index (Phi) is 3.13. The van der Waals surface area contributed by atoms with Crippen LogP contribution in [0.15, 0.2) is 30.3 Å². The first-order valence-corrected chi connectivity index (χ1v) is 6.48. The van der Waals surface area contributed by atoms with Crippen LogP contribution in [0.3, 0.4) is 0 Å². The summed E-state index contributed by atoms with van der Waals surface area (Å²) < 4.78 is 12.2. The normalized spacial score (nSPS) is 10.8. The molecule has 1 aromatic carbocycles. The predicted molar refractivity (Wildman–Crippen MR) is 81.1 cm³/mol. The molecule has 0 aliphatic heterocycles. The van der Waals surface area contributed by atoms with Crippen LogP contribution >= 0.6 is 0 Å². The SMILES string of the molecule is COc1ccc(-n2c(N)nc3ccc(OC)nc32)c(C)c1. The summed E-state index contributed by atoms with van der Waals surface area (Å²) in [6.45, 7) is 1.99. The molecule has 6 heteroatoms. The van der Waals surface area contributed by atoms with Gasteiger partial charge in [0.15, 0.2) is 5.65 Å². The molecule has 2 heterocycles. The van der Waals surface area contributed by atoms with Crippen LogP contribution in [0.5, 0.6) is 11.6 Å². The second kappa shape index (κ2) is 4.97. The largest absolute Gasteiger partial charge is 0.497 e. The number of benzene rings is 1. The molecule has 0 unspecified atom stereocenters. The number of pyridine rings is 1. The van der Waals surface area contributed by atoms with E-state index in [0.29, 0.717) is 17.5 Å². The first-order chi connectivity index (χ1) is 10.1. The molecule has 0 amide bonds. The van der Waals surface area contributed by atoms with Crippen LogP contribution in [0, 0.1) is 6.92 Å². The maximum Gasteiger partial charge on any atom is 0.215 e. The van der Waals surface area contributed by atoms with E-state index in [2.05, 4.69) is 9.97 Å². The number of aromatic nitrogens is 3. The third kappa shape index (κ3) is 2.14. The summed E-state index contributed by atoms with van der Waals surface area (Å²) in [4.78, 5) is 8.78. The van der Waals surface area contributed by atoms with E-state index >= 15 is 0 Å². The molecule has 0 saturated heterocycles. The van der Waals surface area contributed by atoms with Crippen LogP contribution < -0.4 is 15.2 Å². The molecule has 0 aliphatic rings. The maximum absolute atomic E-state index is 6.06. The zero-order valence-corrected chi connectivity index (χ0v) is 12.1. The summed E-state index contributed by atoms with van der Waals surface area (Å²) >= 11 is 0. The molecular weight excluding hydrogens is 268 g/mol. The highest BCUT2D eigenvalue weighted by atomic mass is 16.5. The number of methoxy groups -OCH3 is 2. The van der Waals surface area contributed by atoms with Crippen molar-refractivity contribution in [3.05, 3.63) is 35.9 Å². The Labute approximate surface area is 122 Å². The highest BCUT2D eigenvalue weighted by Gasteiger charge is 2.14. The lowest BCUT2D eigenvalue weighted by Gasteiger charge is -2.11. The number of hydrogen-bond acceptors (Lipinski definition) is 5. The Morgan fingerprint density at radius 3 is 2.52 bits per heavy atom. The average molecular weight is 284 g/mol. The van der Waals surface area contributed by atoms with E-state index in [1.807, 2.05) is 35.8 Å². The standard InChI is InChI=1S/C15H16N4O2/c1-9-8-10(20-2)4-6-12(9)19-14-11(17-15(19)16)5-7-13(18-14)21-3/h4-8H,1-3H3,(H2,16,17).